The summed E-state index contributed by atoms with van der Waals surface area (Å²) >= 11 is 0. The van der Waals surface area contributed by atoms with Gasteiger partial charge in [-0.05, 0) is 39.8 Å². The summed E-state index contributed by atoms with van der Waals surface area (Å²) in [5.41, 5.74) is -4.97. The molecule has 1 aliphatic rings. The molecular formula is C22H29FN3O9P. The Kier molecular flexibility index (Phi) is 7.24. The van der Waals surface area contributed by atoms with Crippen LogP contribution in [0.3, 0.4) is 0 Å². The number of halogens is 1. The molecular weight excluding hydrogens is 500 g/mol. The minimum Gasteiger partial charge on any atom is -0.462 e. The molecule has 14 heteroatoms. The van der Waals surface area contributed by atoms with Crippen molar-refractivity contribution in [1.29, 1.82) is 0 Å². The Labute approximate surface area is 210 Å². The molecule has 12 nitrogen and oxygen atoms in total. The third-order valence-electron chi connectivity index (χ3n) is 4.90. The molecule has 0 saturated carbocycles. The van der Waals surface area contributed by atoms with Crippen molar-refractivity contribution in [2.45, 2.75) is 63.9 Å². The van der Waals surface area contributed by atoms with E-state index in [2.05, 4.69) is 5.09 Å². The molecule has 0 aliphatic carbocycles. The van der Waals surface area contributed by atoms with Crippen molar-refractivity contribution in [2.75, 3.05) is 6.56 Å². The average molecular weight is 532 g/mol. The van der Waals surface area contributed by atoms with Gasteiger partial charge < -0.3 is 19.1 Å². The van der Waals surface area contributed by atoms with E-state index in [1.165, 1.54) is 31.2 Å². The SMILES string of the molecule is [2H]C([2H])(O[P@@](=O)(N[C@@H](C)C(=O)OC(C)C)Oc1ccccc1)[C@@]1([2H])O[C@@H](n2ccc(=O)[nH]c2=O)[C@](C)(F)[C@@H]1O. The number of benzene rings is 1. The number of H-pyrrole nitrogens is 1. The van der Waals surface area contributed by atoms with Crippen molar-refractivity contribution in [3.8, 4) is 5.75 Å². The summed E-state index contributed by atoms with van der Waals surface area (Å²) in [6.07, 6.45) is -7.80. The van der Waals surface area contributed by atoms with Gasteiger partial charge in [-0.15, -0.1) is 0 Å². The molecule has 1 aliphatic heterocycles. The fourth-order valence-corrected chi connectivity index (χ4v) is 4.46. The Hall–Kier alpha value is -2.83. The summed E-state index contributed by atoms with van der Waals surface area (Å²) in [7, 11) is -4.96. The topological polar surface area (TPSA) is 158 Å². The van der Waals surface area contributed by atoms with Gasteiger partial charge in [-0.3, -0.25) is 23.7 Å². The van der Waals surface area contributed by atoms with E-state index in [1.807, 2.05) is 4.98 Å². The first-order valence-corrected chi connectivity index (χ1v) is 12.4. The lowest BCUT2D eigenvalue weighted by Crippen LogP contribution is -2.43. The van der Waals surface area contributed by atoms with Gasteiger partial charge in [-0.1, -0.05) is 18.2 Å². The molecule has 1 aromatic carbocycles. The maximum absolute atomic E-state index is 15.7. The van der Waals surface area contributed by atoms with E-state index >= 15 is 4.39 Å². The van der Waals surface area contributed by atoms with Crippen molar-refractivity contribution < 1.29 is 41.5 Å². The number of aliphatic hydroxyl groups excluding tert-OH is 1. The highest BCUT2D eigenvalue weighted by molar-refractivity contribution is 7.52. The van der Waals surface area contributed by atoms with Gasteiger partial charge in [-0.2, -0.15) is 5.09 Å². The molecule has 0 spiro atoms. The molecule has 0 radical (unpaired) electrons. The number of hydrogen-bond acceptors (Lipinski definition) is 9. The van der Waals surface area contributed by atoms with Crippen LogP contribution in [-0.4, -0.2) is 57.2 Å². The number of alkyl halides is 1. The van der Waals surface area contributed by atoms with Crippen molar-refractivity contribution >= 4 is 13.7 Å². The standard InChI is InChI=1S/C22H29FN3O9P/c1-13(2)33-19(29)14(3)25-36(31,35-15-8-6-5-7-9-15)32-12-16-18(28)22(4,23)20(34-16)26-11-10-17(27)24-21(26)30/h5-11,13-14,16,18,20,28H,12H2,1-4H3,(H,25,31)(H,24,27,30)/t14-,16+,18+,20+,22+,36-/m0/s1/i12D2,16D. The highest BCUT2D eigenvalue weighted by Gasteiger charge is 2.55. The van der Waals surface area contributed by atoms with Crippen LogP contribution in [0.2, 0.25) is 0 Å². The van der Waals surface area contributed by atoms with Gasteiger partial charge >= 0.3 is 19.4 Å². The number of aromatic amines is 1. The minimum atomic E-state index is -4.96. The lowest BCUT2D eigenvalue weighted by Gasteiger charge is -2.25. The summed E-state index contributed by atoms with van der Waals surface area (Å²) in [5, 5.41) is 12.9. The number of carbonyl (C=O) groups excluding carboxylic acids is 1. The smallest absolute Gasteiger partial charge is 0.459 e. The lowest BCUT2D eigenvalue weighted by molar-refractivity contribution is -0.149. The number of aliphatic hydroxyl groups is 1. The van der Waals surface area contributed by atoms with Gasteiger partial charge in [0.2, 0.25) is 0 Å². The second kappa shape index (κ2) is 11.1. The van der Waals surface area contributed by atoms with Crippen LogP contribution in [0, 0.1) is 0 Å². The minimum absolute atomic E-state index is 0.0894. The zero-order chi connectivity index (χ0) is 29.4. The number of aromatic nitrogens is 2. The predicted molar refractivity (Wildman–Crippen MR) is 125 cm³/mol. The number of rotatable bonds is 10. The summed E-state index contributed by atoms with van der Waals surface area (Å²) < 4.78 is 76.2. The van der Waals surface area contributed by atoms with Crippen molar-refractivity contribution in [3.05, 3.63) is 63.4 Å². The molecule has 0 unspecified atom stereocenters. The van der Waals surface area contributed by atoms with Crippen LogP contribution in [-0.2, 0) is 23.4 Å². The average Bonchev–Trinajstić information content (AvgIpc) is 3.00. The Balaban J connectivity index is 1.99. The summed E-state index contributed by atoms with van der Waals surface area (Å²) in [6, 6.07) is 6.77. The fourth-order valence-electron chi connectivity index (χ4n) is 3.13. The molecule has 6 atom stereocenters. The van der Waals surface area contributed by atoms with Gasteiger partial charge in [0.15, 0.2) is 11.9 Å². The Morgan fingerprint density at radius 1 is 1.36 bits per heavy atom. The summed E-state index contributed by atoms with van der Waals surface area (Å²) in [6.45, 7) is 1.51. The molecule has 2 aromatic rings. The number of carbonyl (C=O) groups is 1. The third kappa shape index (κ3) is 6.48. The van der Waals surface area contributed by atoms with E-state index in [0.29, 0.717) is 4.57 Å². The Morgan fingerprint density at radius 3 is 2.64 bits per heavy atom. The highest BCUT2D eigenvalue weighted by atomic mass is 31.2. The van der Waals surface area contributed by atoms with Crippen molar-refractivity contribution in [3.63, 3.8) is 0 Å². The molecule has 1 fully saturated rings. The van der Waals surface area contributed by atoms with Crippen LogP contribution in [0.15, 0.2) is 52.2 Å². The van der Waals surface area contributed by atoms with Gasteiger partial charge in [0.1, 0.15) is 24.0 Å². The van der Waals surface area contributed by atoms with Gasteiger partial charge in [0.25, 0.3) is 5.56 Å². The molecule has 36 heavy (non-hydrogen) atoms. The largest absolute Gasteiger partial charge is 0.462 e. The fraction of sp³-hybridized carbons (Fsp3) is 0.500. The normalized spacial score (nSPS) is 30.0. The molecule has 1 aromatic heterocycles. The van der Waals surface area contributed by atoms with E-state index in [9.17, 15) is 24.1 Å². The number of nitrogens with zero attached hydrogens (tertiary/aromatic N) is 1. The van der Waals surface area contributed by atoms with E-state index in [4.69, 9.17) is 22.6 Å². The first-order valence-electron chi connectivity index (χ1n) is 12.3. The number of esters is 1. The van der Waals surface area contributed by atoms with Crippen LogP contribution in [0.25, 0.3) is 0 Å². The summed E-state index contributed by atoms with van der Waals surface area (Å²) in [4.78, 5) is 37.9. The Bertz CT molecular complexity index is 1360. The van der Waals surface area contributed by atoms with Crippen LogP contribution in [0.5, 0.6) is 5.75 Å². The van der Waals surface area contributed by atoms with E-state index < -0.39 is 67.8 Å². The van der Waals surface area contributed by atoms with E-state index in [0.717, 1.165) is 19.2 Å². The number of ether oxygens (including phenoxy) is 2. The molecule has 2 heterocycles. The second-order valence-corrected chi connectivity index (χ2v) is 9.96. The van der Waals surface area contributed by atoms with Gasteiger partial charge in [0, 0.05) is 12.3 Å². The third-order valence-corrected chi connectivity index (χ3v) is 6.39. The van der Waals surface area contributed by atoms with Crippen LogP contribution >= 0.6 is 7.75 Å². The van der Waals surface area contributed by atoms with Gasteiger partial charge in [-0.25, -0.2) is 13.8 Å². The maximum Gasteiger partial charge on any atom is 0.459 e. The van der Waals surface area contributed by atoms with E-state index in [1.54, 1.807) is 19.9 Å². The zero-order valence-electron chi connectivity index (χ0n) is 22.8. The highest BCUT2D eigenvalue weighted by Crippen LogP contribution is 2.47. The van der Waals surface area contributed by atoms with E-state index in [-0.39, 0.29) is 5.75 Å². The predicted octanol–water partition coefficient (Wildman–Crippen LogP) is 1.66. The lowest BCUT2D eigenvalue weighted by atomic mass is 9.98. The number of nitrogens with one attached hydrogen (secondary N) is 2. The quantitative estimate of drug-likeness (QED) is 0.304. The monoisotopic (exact) mass is 532 g/mol. The van der Waals surface area contributed by atoms with Crippen LogP contribution in [0.4, 0.5) is 4.39 Å². The number of hydrogen-bond donors (Lipinski definition) is 3. The first-order chi connectivity index (χ1) is 17.9. The molecule has 1 saturated heterocycles. The zero-order valence-corrected chi connectivity index (χ0v) is 20.7. The number of para-hydroxylation sites is 1. The Morgan fingerprint density at radius 2 is 2.03 bits per heavy atom. The van der Waals surface area contributed by atoms with Crippen molar-refractivity contribution in [1.82, 2.24) is 14.6 Å². The van der Waals surface area contributed by atoms with Gasteiger partial charge in [0.05, 0.1) is 16.8 Å². The van der Waals surface area contributed by atoms with Crippen LogP contribution < -0.4 is 20.9 Å². The molecule has 0 amide bonds. The maximum atomic E-state index is 15.7. The van der Waals surface area contributed by atoms with Crippen molar-refractivity contribution in [2.24, 2.45) is 0 Å². The molecule has 3 N–H and O–H groups in total. The first kappa shape index (κ1) is 23.6. The molecule has 3 rings (SSSR count). The summed E-state index contributed by atoms with van der Waals surface area (Å²) in [5.74, 6) is -0.980. The second-order valence-electron chi connectivity index (χ2n) is 8.34. The van der Waals surface area contributed by atoms with Crippen LogP contribution in [0.1, 0.15) is 38.0 Å². The molecule has 198 valence electrons. The molecule has 0 bridgehead atoms.